The summed E-state index contributed by atoms with van der Waals surface area (Å²) in [7, 11) is 4.05. The maximum absolute atomic E-state index is 13.5. The number of rotatable bonds is 3. The molecule has 0 unspecified atom stereocenters. The highest BCUT2D eigenvalue weighted by Crippen LogP contribution is 2.51. The largest absolute Gasteiger partial charge is 0.348 e. The minimum absolute atomic E-state index is 0.144. The zero-order valence-corrected chi connectivity index (χ0v) is 11.2. The van der Waals surface area contributed by atoms with E-state index in [0.29, 0.717) is 0 Å². The van der Waals surface area contributed by atoms with Gasteiger partial charge in [0.1, 0.15) is 5.82 Å². The van der Waals surface area contributed by atoms with E-state index in [2.05, 4.69) is 23.9 Å². The van der Waals surface area contributed by atoms with Crippen LogP contribution in [0.4, 0.5) is 4.39 Å². The molecule has 18 heavy (non-hydrogen) atoms. The Morgan fingerprint density at radius 2 is 2.11 bits per heavy atom. The van der Waals surface area contributed by atoms with Crippen molar-refractivity contribution in [3.63, 3.8) is 0 Å². The van der Waals surface area contributed by atoms with E-state index in [9.17, 15) is 4.39 Å². The summed E-state index contributed by atoms with van der Waals surface area (Å²) < 4.78 is 15.7. The molecule has 1 N–H and O–H groups in total. The van der Waals surface area contributed by atoms with E-state index in [0.717, 1.165) is 17.4 Å². The Balaban J connectivity index is 2.28. The van der Waals surface area contributed by atoms with Crippen LogP contribution in [-0.4, -0.2) is 18.2 Å². The quantitative estimate of drug-likeness (QED) is 0.881. The van der Waals surface area contributed by atoms with Crippen molar-refractivity contribution in [2.24, 2.45) is 7.05 Å². The third-order valence-electron chi connectivity index (χ3n) is 4.35. The second-order valence-corrected chi connectivity index (χ2v) is 5.49. The van der Waals surface area contributed by atoms with Crippen molar-refractivity contribution in [3.05, 3.63) is 35.3 Å². The van der Waals surface area contributed by atoms with E-state index in [1.165, 1.54) is 24.1 Å². The molecule has 0 saturated heterocycles. The van der Waals surface area contributed by atoms with Gasteiger partial charge in [0, 0.05) is 35.6 Å². The molecule has 0 amide bonds. The zero-order valence-electron chi connectivity index (χ0n) is 11.2. The van der Waals surface area contributed by atoms with Crippen LogP contribution >= 0.6 is 0 Å². The lowest BCUT2D eigenvalue weighted by atomic mass is 9.93. The van der Waals surface area contributed by atoms with Gasteiger partial charge < -0.3 is 9.88 Å². The third-order valence-corrected chi connectivity index (χ3v) is 4.35. The van der Waals surface area contributed by atoms with Crippen molar-refractivity contribution in [1.29, 1.82) is 0 Å². The van der Waals surface area contributed by atoms with E-state index >= 15 is 0 Å². The number of likely N-dealkylation sites (N-methyl/N-ethyl adjacent to an activating group) is 1. The fourth-order valence-corrected chi connectivity index (χ4v) is 3.22. The Morgan fingerprint density at radius 3 is 2.72 bits per heavy atom. The van der Waals surface area contributed by atoms with Crippen molar-refractivity contribution >= 4 is 10.9 Å². The minimum Gasteiger partial charge on any atom is -0.348 e. The third kappa shape index (κ3) is 1.50. The lowest BCUT2D eigenvalue weighted by Crippen LogP contribution is -2.24. The smallest absolute Gasteiger partial charge is 0.123 e. The number of nitrogens with one attached hydrogen (secondary N) is 1. The van der Waals surface area contributed by atoms with Gasteiger partial charge in [-0.1, -0.05) is 0 Å². The number of aryl methyl sites for hydroxylation is 1. The molecule has 0 aliphatic heterocycles. The first-order valence-electron chi connectivity index (χ1n) is 6.49. The van der Waals surface area contributed by atoms with E-state index in [1.807, 2.05) is 13.1 Å². The van der Waals surface area contributed by atoms with Crippen molar-refractivity contribution in [1.82, 2.24) is 9.88 Å². The normalized spacial score (nSPS) is 17.3. The SMILES string of the molecule is CNCC1(c2c(C)n(C)c3ccc(F)cc23)CC1. The average molecular weight is 246 g/mol. The maximum Gasteiger partial charge on any atom is 0.123 e. The maximum atomic E-state index is 13.5. The van der Waals surface area contributed by atoms with Crippen molar-refractivity contribution in [2.75, 3.05) is 13.6 Å². The monoisotopic (exact) mass is 246 g/mol. The summed E-state index contributed by atoms with van der Waals surface area (Å²) in [5.74, 6) is -0.144. The van der Waals surface area contributed by atoms with Crippen LogP contribution in [0.25, 0.3) is 10.9 Å². The molecular formula is C15H19FN2. The summed E-state index contributed by atoms with van der Waals surface area (Å²) in [6.45, 7) is 3.12. The van der Waals surface area contributed by atoms with E-state index in [-0.39, 0.29) is 11.2 Å². The summed E-state index contributed by atoms with van der Waals surface area (Å²) in [5.41, 5.74) is 3.97. The number of halogens is 1. The van der Waals surface area contributed by atoms with Gasteiger partial charge in [-0.2, -0.15) is 0 Å². The lowest BCUT2D eigenvalue weighted by Gasteiger charge is -2.16. The van der Waals surface area contributed by atoms with E-state index in [4.69, 9.17) is 0 Å². The predicted molar refractivity (Wildman–Crippen MR) is 72.5 cm³/mol. The molecule has 0 radical (unpaired) electrons. The Morgan fingerprint density at radius 1 is 1.39 bits per heavy atom. The zero-order chi connectivity index (χ0) is 12.9. The Hall–Kier alpha value is -1.35. The number of nitrogens with zero attached hydrogens (tertiary/aromatic N) is 1. The highest BCUT2D eigenvalue weighted by atomic mass is 19.1. The van der Waals surface area contributed by atoms with Gasteiger partial charge in [0.2, 0.25) is 0 Å². The molecule has 1 aliphatic carbocycles. The fraction of sp³-hybridized carbons (Fsp3) is 0.467. The van der Waals surface area contributed by atoms with Crippen LogP contribution in [-0.2, 0) is 12.5 Å². The lowest BCUT2D eigenvalue weighted by molar-refractivity contribution is 0.619. The van der Waals surface area contributed by atoms with Crippen molar-refractivity contribution in [2.45, 2.75) is 25.2 Å². The molecule has 3 rings (SSSR count). The van der Waals surface area contributed by atoms with Gasteiger partial charge in [-0.25, -0.2) is 4.39 Å². The summed E-state index contributed by atoms with van der Waals surface area (Å²) >= 11 is 0. The first-order chi connectivity index (χ1) is 8.59. The Kier molecular flexibility index (Phi) is 2.49. The second kappa shape index (κ2) is 3.82. The van der Waals surface area contributed by atoms with Gasteiger partial charge in [-0.05, 0) is 50.6 Å². The van der Waals surface area contributed by atoms with Crippen LogP contribution in [0.15, 0.2) is 18.2 Å². The van der Waals surface area contributed by atoms with Crippen LogP contribution in [0.5, 0.6) is 0 Å². The van der Waals surface area contributed by atoms with Gasteiger partial charge in [0.15, 0.2) is 0 Å². The van der Waals surface area contributed by atoms with Gasteiger partial charge in [0.05, 0.1) is 0 Å². The molecule has 1 aromatic heterocycles. The molecule has 3 heteroatoms. The average Bonchev–Trinajstić information content (AvgIpc) is 3.04. The number of hydrogen-bond donors (Lipinski definition) is 1. The predicted octanol–water partition coefficient (Wildman–Crippen LogP) is 2.88. The number of hydrogen-bond acceptors (Lipinski definition) is 1. The highest BCUT2D eigenvalue weighted by Gasteiger charge is 2.46. The highest BCUT2D eigenvalue weighted by molar-refractivity contribution is 5.87. The Labute approximate surface area is 107 Å². The van der Waals surface area contributed by atoms with Crippen LogP contribution < -0.4 is 5.32 Å². The van der Waals surface area contributed by atoms with Crippen LogP contribution in [0.1, 0.15) is 24.1 Å². The fourth-order valence-electron chi connectivity index (χ4n) is 3.22. The van der Waals surface area contributed by atoms with Gasteiger partial charge >= 0.3 is 0 Å². The molecule has 1 aliphatic rings. The molecule has 0 bridgehead atoms. The summed E-state index contributed by atoms with van der Waals surface area (Å²) in [6.07, 6.45) is 2.40. The molecular weight excluding hydrogens is 227 g/mol. The molecule has 2 aromatic rings. The van der Waals surface area contributed by atoms with Crippen molar-refractivity contribution in [3.8, 4) is 0 Å². The topological polar surface area (TPSA) is 17.0 Å². The van der Waals surface area contributed by atoms with Crippen LogP contribution in [0.2, 0.25) is 0 Å². The van der Waals surface area contributed by atoms with Crippen LogP contribution in [0, 0.1) is 12.7 Å². The molecule has 1 saturated carbocycles. The number of benzene rings is 1. The standard InChI is InChI=1S/C15H19FN2/c1-10-14(15(6-7-15)9-17-2)12-8-11(16)4-5-13(12)18(10)3/h4-5,8,17H,6-7,9H2,1-3H3. The number of aromatic nitrogens is 1. The van der Waals surface area contributed by atoms with E-state index in [1.54, 1.807) is 12.1 Å². The minimum atomic E-state index is -0.144. The van der Waals surface area contributed by atoms with Gasteiger partial charge in [-0.15, -0.1) is 0 Å². The molecule has 1 heterocycles. The molecule has 1 fully saturated rings. The molecule has 96 valence electrons. The molecule has 0 atom stereocenters. The summed E-state index contributed by atoms with van der Waals surface area (Å²) in [6, 6.07) is 5.12. The molecule has 2 nitrogen and oxygen atoms in total. The van der Waals surface area contributed by atoms with E-state index < -0.39 is 0 Å². The van der Waals surface area contributed by atoms with Gasteiger partial charge in [0.25, 0.3) is 0 Å². The number of fused-ring (bicyclic) bond motifs is 1. The van der Waals surface area contributed by atoms with Crippen LogP contribution in [0.3, 0.4) is 0 Å². The summed E-state index contributed by atoms with van der Waals surface area (Å²) in [4.78, 5) is 0. The summed E-state index contributed by atoms with van der Waals surface area (Å²) in [5, 5.41) is 4.37. The van der Waals surface area contributed by atoms with Gasteiger partial charge in [-0.3, -0.25) is 0 Å². The first kappa shape index (κ1) is 11.7. The second-order valence-electron chi connectivity index (χ2n) is 5.49. The Bertz CT molecular complexity index is 608. The first-order valence-corrected chi connectivity index (χ1v) is 6.49. The molecule has 0 spiro atoms. The van der Waals surface area contributed by atoms with Crippen molar-refractivity contribution < 1.29 is 4.39 Å². The molecule has 1 aromatic carbocycles.